The fourth-order valence-corrected chi connectivity index (χ4v) is 2.40. The molecule has 102 valence electrons. The Morgan fingerprint density at radius 1 is 1.42 bits per heavy atom. The summed E-state index contributed by atoms with van der Waals surface area (Å²) >= 11 is 3.37. The van der Waals surface area contributed by atoms with Gasteiger partial charge in [-0.2, -0.15) is 0 Å². The van der Waals surface area contributed by atoms with E-state index in [1.54, 1.807) is 6.07 Å². The number of amides is 1. The average molecular weight is 328 g/mol. The third-order valence-corrected chi connectivity index (χ3v) is 3.74. The number of ether oxygens (including phenoxy) is 2. The summed E-state index contributed by atoms with van der Waals surface area (Å²) in [6, 6.07) is 5.54. The first-order chi connectivity index (χ1) is 8.99. The number of methoxy groups -OCH3 is 1. The lowest BCUT2D eigenvalue weighted by Crippen LogP contribution is -2.57. The van der Waals surface area contributed by atoms with Gasteiger partial charge >= 0.3 is 5.97 Å². The first kappa shape index (κ1) is 14.0. The fourth-order valence-electron chi connectivity index (χ4n) is 1.81. The van der Waals surface area contributed by atoms with Crippen LogP contribution in [0.1, 0.15) is 5.56 Å². The molecule has 1 aliphatic heterocycles. The second-order valence-electron chi connectivity index (χ2n) is 4.50. The fraction of sp³-hybridized carbons (Fsp3) is 0.385. The van der Waals surface area contributed by atoms with Gasteiger partial charge in [-0.25, -0.2) is 0 Å². The van der Waals surface area contributed by atoms with E-state index in [9.17, 15) is 9.59 Å². The Kier molecular flexibility index (Phi) is 3.91. The number of esters is 1. The van der Waals surface area contributed by atoms with Gasteiger partial charge in [0.15, 0.2) is 5.41 Å². The van der Waals surface area contributed by atoms with Crippen LogP contribution >= 0.6 is 15.9 Å². The number of hydrogen-bond donors (Lipinski definition) is 1. The number of hydrogen-bond acceptors (Lipinski definition) is 4. The molecule has 0 radical (unpaired) electrons. The molecule has 1 N–H and O–H groups in total. The van der Waals surface area contributed by atoms with Gasteiger partial charge < -0.3 is 14.8 Å². The summed E-state index contributed by atoms with van der Waals surface area (Å²) in [5.41, 5.74) is 0.462. The summed E-state index contributed by atoms with van der Waals surface area (Å²) in [5.74, 6) is -0.977. The van der Waals surface area contributed by atoms with Crippen LogP contribution in [-0.2, 0) is 19.1 Å². The highest BCUT2D eigenvalue weighted by atomic mass is 79.9. The summed E-state index contributed by atoms with van der Waals surface area (Å²) in [4.78, 5) is 24.0. The summed E-state index contributed by atoms with van der Waals surface area (Å²) in [5, 5.41) is 2.73. The SMILES string of the molecule is COC(=O)C1(C(=O)Nc2ccc(C)cc2Br)COC1. The number of rotatable bonds is 3. The summed E-state index contributed by atoms with van der Waals surface area (Å²) in [7, 11) is 1.26. The van der Waals surface area contributed by atoms with Crippen molar-refractivity contribution in [3.05, 3.63) is 28.2 Å². The van der Waals surface area contributed by atoms with E-state index in [-0.39, 0.29) is 13.2 Å². The predicted octanol–water partition coefficient (Wildman–Crippen LogP) is 1.89. The van der Waals surface area contributed by atoms with Crippen molar-refractivity contribution >= 4 is 33.5 Å². The highest BCUT2D eigenvalue weighted by molar-refractivity contribution is 9.10. The van der Waals surface area contributed by atoms with Crippen LogP contribution in [-0.4, -0.2) is 32.2 Å². The molecular formula is C13H14BrNO4. The molecule has 0 spiro atoms. The van der Waals surface area contributed by atoms with Crippen molar-refractivity contribution in [2.75, 3.05) is 25.6 Å². The Labute approximate surface area is 119 Å². The summed E-state index contributed by atoms with van der Waals surface area (Å²) in [6.07, 6.45) is 0. The summed E-state index contributed by atoms with van der Waals surface area (Å²) < 4.78 is 10.4. The minimum Gasteiger partial charge on any atom is -0.468 e. The van der Waals surface area contributed by atoms with Crippen molar-refractivity contribution in [1.29, 1.82) is 0 Å². The number of carbonyl (C=O) groups is 2. The van der Waals surface area contributed by atoms with Crippen LogP contribution in [0.2, 0.25) is 0 Å². The first-order valence-corrected chi connectivity index (χ1v) is 6.53. The second kappa shape index (κ2) is 5.30. The molecule has 0 atom stereocenters. The number of aryl methyl sites for hydroxylation is 1. The van der Waals surface area contributed by atoms with E-state index >= 15 is 0 Å². The second-order valence-corrected chi connectivity index (χ2v) is 5.36. The van der Waals surface area contributed by atoms with Gasteiger partial charge in [-0.05, 0) is 40.5 Å². The zero-order valence-corrected chi connectivity index (χ0v) is 12.2. The molecule has 1 fully saturated rings. The van der Waals surface area contributed by atoms with Gasteiger partial charge in [0.2, 0.25) is 5.91 Å². The van der Waals surface area contributed by atoms with E-state index in [1.807, 2.05) is 19.1 Å². The van der Waals surface area contributed by atoms with E-state index in [1.165, 1.54) is 7.11 Å². The lowest BCUT2D eigenvalue weighted by atomic mass is 9.85. The zero-order chi connectivity index (χ0) is 14.0. The Bertz CT molecular complexity index is 525. The van der Waals surface area contributed by atoms with Crippen molar-refractivity contribution in [2.24, 2.45) is 5.41 Å². The van der Waals surface area contributed by atoms with Crippen LogP contribution in [0.4, 0.5) is 5.69 Å². The molecule has 1 amide bonds. The van der Waals surface area contributed by atoms with Gasteiger partial charge in [-0.3, -0.25) is 9.59 Å². The van der Waals surface area contributed by atoms with E-state index in [0.29, 0.717) is 5.69 Å². The third kappa shape index (κ3) is 2.50. The lowest BCUT2D eigenvalue weighted by molar-refractivity contribution is -0.185. The predicted molar refractivity (Wildman–Crippen MR) is 72.8 cm³/mol. The van der Waals surface area contributed by atoms with E-state index in [0.717, 1.165) is 10.0 Å². The van der Waals surface area contributed by atoms with Gasteiger partial charge in [0, 0.05) is 4.47 Å². The molecule has 6 heteroatoms. The quantitative estimate of drug-likeness (QED) is 0.680. The molecule has 1 aromatic carbocycles. The van der Waals surface area contributed by atoms with Crippen molar-refractivity contribution in [3.63, 3.8) is 0 Å². The van der Waals surface area contributed by atoms with Gasteiger partial charge in [0.05, 0.1) is 26.0 Å². The maximum absolute atomic E-state index is 12.2. The van der Waals surface area contributed by atoms with Crippen LogP contribution in [0.5, 0.6) is 0 Å². The Morgan fingerprint density at radius 2 is 2.11 bits per heavy atom. The van der Waals surface area contributed by atoms with Crippen LogP contribution in [0.25, 0.3) is 0 Å². The highest BCUT2D eigenvalue weighted by Gasteiger charge is 2.54. The van der Waals surface area contributed by atoms with Crippen molar-refractivity contribution in [3.8, 4) is 0 Å². The highest BCUT2D eigenvalue weighted by Crippen LogP contribution is 2.32. The molecular weight excluding hydrogens is 314 g/mol. The molecule has 0 saturated carbocycles. The first-order valence-electron chi connectivity index (χ1n) is 5.73. The molecule has 1 saturated heterocycles. The largest absolute Gasteiger partial charge is 0.468 e. The molecule has 0 bridgehead atoms. The van der Waals surface area contributed by atoms with Crippen molar-refractivity contribution in [2.45, 2.75) is 6.92 Å². The van der Waals surface area contributed by atoms with Crippen molar-refractivity contribution < 1.29 is 19.1 Å². The molecule has 5 nitrogen and oxygen atoms in total. The van der Waals surface area contributed by atoms with Crippen molar-refractivity contribution in [1.82, 2.24) is 0 Å². The third-order valence-electron chi connectivity index (χ3n) is 3.08. The van der Waals surface area contributed by atoms with E-state index < -0.39 is 17.3 Å². The van der Waals surface area contributed by atoms with E-state index in [4.69, 9.17) is 4.74 Å². The molecule has 1 aliphatic rings. The number of halogens is 1. The van der Waals surface area contributed by atoms with Crippen LogP contribution in [0, 0.1) is 12.3 Å². The average Bonchev–Trinajstić information content (AvgIpc) is 2.31. The number of anilines is 1. The smallest absolute Gasteiger partial charge is 0.326 e. The zero-order valence-electron chi connectivity index (χ0n) is 10.7. The standard InChI is InChI=1S/C13H14BrNO4/c1-8-3-4-10(9(14)5-8)15-11(16)13(6-19-7-13)12(17)18-2/h3-5H,6-7H2,1-2H3,(H,15,16). The molecule has 19 heavy (non-hydrogen) atoms. The Hall–Kier alpha value is -1.40. The lowest BCUT2D eigenvalue weighted by Gasteiger charge is -2.36. The normalized spacial score (nSPS) is 16.4. The van der Waals surface area contributed by atoms with Crippen LogP contribution in [0.3, 0.4) is 0 Å². The molecule has 0 aromatic heterocycles. The molecule has 1 heterocycles. The number of nitrogens with one attached hydrogen (secondary N) is 1. The minimum atomic E-state index is -1.22. The van der Waals surface area contributed by atoms with Crippen LogP contribution in [0.15, 0.2) is 22.7 Å². The molecule has 1 aromatic rings. The van der Waals surface area contributed by atoms with Gasteiger partial charge in [-0.15, -0.1) is 0 Å². The topological polar surface area (TPSA) is 64.6 Å². The minimum absolute atomic E-state index is 0.0506. The van der Waals surface area contributed by atoms with Gasteiger partial charge in [-0.1, -0.05) is 6.07 Å². The maximum Gasteiger partial charge on any atom is 0.326 e. The van der Waals surface area contributed by atoms with Gasteiger partial charge in [0.1, 0.15) is 0 Å². The molecule has 0 aliphatic carbocycles. The summed E-state index contributed by atoms with van der Waals surface area (Å²) in [6.45, 7) is 2.05. The molecule has 2 rings (SSSR count). The Balaban J connectivity index is 2.18. The Morgan fingerprint density at radius 3 is 2.58 bits per heavy atom. The monoisotopic (exact) mass is 327 g/mol. The number of carbonyl (C=O) groups excluding carboxylic acids is 2. The van der Waals surface area contributed by atoms with Gasteiger partial charge in [0.25, 0.3) is 0 Å². The number of benzene rings is 1. The maximum atomic E-state index is 12.2. The van der Waals surface area contributed by atoms with E-state index in [2.05, 4.69) is 26.0 Å². The van der Waals surface area contributed by atoms with Crippen LogP contribution < -0.4 is 5.32 Å². The molecule has 0 unspecified atom stereocenters.